The molecule has 2 heterocycles. The minimum atomic E-state index is -0.769. The van der Waals surface area contributed by atoms with E-state index in [0.717, 1.165) is 12.8 Å². The van der Waals surface area contributed by atoms with E-state index in [1.807, 2.05) is 0 Å². The largest absolute Gasteiger partial charge is 0.451 e. The van der Waals surface area contributed by atoms with Gasteiger partial charge in [0.25, 0.3) is 11.5 Å². The highest BCUT2D eigenvalue weighted by atomic mass is 16.5. The lowest BCUT2D eigenvalue weighted by Gasteiger charge is -2.11. The average molecular weight is 331 g/mol. The molecule has 1 aliphatic rings. The SMILES string of the molecule is O=C(COC(=O)c1n[nH]c(=O)c2ccccc12)NC[C@@H]1CCCO1. The maximum Gasteiger partial charge on any atom is 0.359 e. The Balaban J connectivity index is 1.60. The van der Waals surface area contributed by atoms with Gasteiger partial charge in [-0.05, 0) is 18.9 Å². The van der Waals surface area contributed by atoms with Gasteiger partial charge in [-0.3, -0.25) is 9.59 Å². The summed E-state index contributed by atoms with van der Waals surface area (Å²) in [5.74, 6) is -1.18. The Hall–Kier alpha value is -2.74. The van der Waals surface area contributed by atoms with Crippen LogP contribution >= 0.6 is 0 Å². The predicted molar refractivity (Wildman–Crippen MR) is 84.6 cm³/mol. The molecule has 8 nitrogen and oxygen atoms in total. The number of nitrogens with zero attached hydrogens (tertiary/aromatic N) is 1. The third kappa shape index (κ3) is 3.60. The molecule has 1 fully saturated rings. The fourth-order valence-corrected chi connectivity index (χ4v) is 2.55. The van der Waals surface area contributed by atoms with Crippen LogP contribution in [0, 0.1) is 0 Å². The Labute approximate surface area is 137 Å². The molecule has 1 aliphatic heterocycles. The van der Waals surface area contributed by atoms with Crippen LogP contribution in [0.2, 0.25) is 0 Å². The number of amides is 1. The number of H-pyrrole nitrogens is 1. The molecule has 1 atom stereocenters. The molecule has 1 aromatic heterocycles. The van der Waals surface area contributed by atoms with Gasteiger partial charge >= 0.3 is 5.97 Å². The van der Waals surface area contributed by atoms with Crippen molar-refractivity contribution in [2.24, 2.45) is 0 Å². The van der Waals surface area contributed by atoms with Gasteiger partial charge in [-0.15, -0.1) is 0 Å². The molecule has 1 saturated heterocycles. The van der Waals surface area contributed by atoms with E-state index in [1.54, 1.807) is 24.3 Å². The normalized spacial score (nSPS) is 16.9. The average Bonchev–Trinajstić information content (AvgIpc) is 3.12. The Morgan fingerprint density at radius 3 is 2.88 bits per heavy atom. The maximum absolute atomic E-state index is 12.1. The predicted octanol–water partition coefficient (Wildman–Crippen LogP) is 0.375. The summed E-state index contributed by atoms with van der Waals surface area (Å²) in [6, 6.07) is 6.56. The van der Waals surface area contributed by atoms with Crippen molar-refractivity contribution in [1.29, 1.82) is 0 Å². The topological polar surface area (TPSA) is 110 Å². The summed E-state index contributed by atoms with van der Waals surface area (Å²) >= 11 is 0. The van der Waals surface area contributed by atoms with E-state index in [1.165, 1.54) is 0 Å². The Bertz CT molecular complexity index is 811. The Morgan fingerprint density at radius 2 is 2.12 bits per heavy atom. The molecule has 0 spiro atoms. The van der Waals surface area contributed by atoms with E-state index >= 15 is 0 Å². The van der Waals surface area contributed by atoms with Gasteiger partial charge in [0.2, 0.25) is 0 Å². The highest BCUT2D eigenvalue weighted by Crippen LogP contribution is 2.13. The highest BCUT2D eigenvalue weighted by molar-refractivity contribution is 6.02. The molecule has 1 amide bonds. The van der Waals surface area contributed by atoms with Crippen molar-refractivity contribution >= 4 is 22.6 Å². The second kappa shape index (κ2) is 7.22. The van der Waals surface area contributed by atoms with E-state index in [2.05, 4.69) is 15.5 Å². The van der Waals surface area contributed by atoms with Gasteiger partial charge in [-0.2, -0.15) is 5.10 Å². The number of fused-ring (bicyclic) bond motifs is 1. The first-order chi connectivity index (χ1) is 11.6. The number of carbonyl (C=O) groups excluding carboxylic acids is 2. The summed E-state index contributed by atoms with van der Waals surface area (Å²) in [4.78, 5) is 35.5. The van der Waals surface area contributed by atoms with Crippen molar-refractivity contribution in [3.8, 4) is 0 Å². The van der Waals surface area contributed by atoms with Crippen LogP contribution in [-0.4, -0.2) is 47.9 Å². The molecule has 3 rings (SSSR count). The van der Waals surface area contributed by atoms with Crippen molar-refractivity contribution in [2.45, 2.75) is 18.9 Å². The fraction of sp³-hybridized carbons (Fsp3) is 0.375. The molecule has 0 bridgehead atoms. The number of ether oxygens (including phenoxy) is 2. The van der Waals surface area contributed by atoms with Crippen molar-refractivity contribution in [1.82, 2.24) is 15.5 Å². The summed E-state index contributed by atoms with van der Waals surface area (Å²) < 4.78 is 10.4. The molecule has 0 unspecified atom stereocenters. The molecular weight excluding hydrogens is 314 g/mol. The van der Waals surface area contributed by atoms with E-state index in [0.29, 0.717) is 23.9 Å². The van der Waals surface area contributed by atoms with Crippen molar-refractivity contribution < 1.29 is 19.1 Å². The lowest BCUT2D eigenvalue weighted by Crippen LogP contribution is -2.35. The van der Waals surface area contributed by atoms with Gasteiger partial charge < -0.3 is 14.8 Å². The van der Waals surface area contributed by atoms with Crippen LogP contribution in [0.3, 0.4) is 0 Å². The summed E-state index contributed by atoms with van der Waals surface area (Å²) in [6.07, 6.45) is 1.92. The van der Waals surface area contributed by atoms with E-state index in [-0.39, 0.29) is 11.8 Å². The van der Waals surface area contributed by atoms with Crippen LogP contribution in [0.4, 0.5) is 0 Å². The van der Waals surface area contributed by atoms with Gasteiger partial charge in [-0.1, -0.05) is 18.2 Å². The van der Waals surface area contributed by atoms with Crippen molar-refractivity contribution in [2.75, 3.05) is 19.8 Å². The van der Waals surface area contributed by atoms with Crippen molar-refractivity contribution in [3.63, 3.8) is 0 Å². The van der Waals surface area contributed by atoms with Crippen LogP contribution in [0.25, 0.3) is 10.8 Å². The zero-order valence-corrected chi connectivity index (χ0v) is 12.9. The molecule has 0 aliphatic carbocycles. The third-order valence-corrected chi connectivity index (χ3v) is 3.77. The summed E-state index contributed by atoms with van der Waals surface area (Å²) in [7, 11) is 0. The standard InChI is InChI=1S/C16H17N3O5/c20-13(17-8-10-4-3-7-23-10)9-24-16(22)14-11-5-1-2-6-12(11)15(21)19-18-14/h1-2,5-6,10H,3-4,7-9H2,(H,17,20)(H,19,21)/t10-/m0/s1. The van der Waals surface area contributed by atoms with Crippen LogP contribution < -0.4 is 10.9 Å². The third-order valence-electron chi connectivity index (χ3n) is 3.77. The molecule has 0 saturated carbocycles. The number of aromatic nitrogens is 2. The van der Waals surface area contributed by atoms with Gasteiger partial charge in [-0.25, -0.2) is 9.89 Å². The zero-order chi connectivity index (χ0) is 16.9. The molecule has 126 valence electrons. The summed E-state index contributed by atoms with van der Waals surface area (Å²) in [5.41, 5.74) is -0.423. The lowest BCUT2D eigenvalue weighted by atomic mass is 10.1. The molecule has 8 heteroatoms. The number of nitrogens with one attached hydrogen (secondary N) is 2. The van der Waals surface area contributed by atoms with Crippen LogP contribution in [0.15, 0.2) is 29.1 Å². The number of esters is 1. The molecular formula is C16H17N3O5. The van der Waals surface area contributed by atoms with E-state index < -0.39 is 24.0 Å². The second-order valence-corrected chi connectivity index (χ2v) is 5.46. The van der Waals surface area contributed by atoms with Gasteiger partial charge in [0, 0.05) is 18.5 Å². The first-order valence-corrected chi connectivity index (χ1v) is 7.68. The number of hydrogen-bond acceptors (Lipinski definition) is 6. The molecule has 24 heavy (non-hydrogen) atoms. The van der Waals surface area contributed by atoms with Crippen LogP contribution in [0.5, 0.6) is 0 Å². The summed E-state index contributed by atoms with van der Waals surface area (Å²) in [6.45, 7) is 0.692. The molecule has 2 N–H and O–H groups in total. The number of rotatable bonds is 5. The first-order valence-electron chi connectivity index (χ1n) is 7.68. The number of hydrogen-bond donors (Lipinski definition) is 2. The number of aromatic amines is 1. The maximum atomic E-state index is 12.1. The Kier molecular flexibility index (Phi) is 4.85. The second-order valence-electron chi connectivity index (χ2n) is 5.46. The monoisotopic (exact) mass is 331 g/mol. The highest BCUT2D eigenvalue weighted by Gasteiger charge is 2.18. The smallest absolute Gasteiger partial charge is 0.359 e. The zero-order valence-electron chi connectivity index (χ0n) is 12.9. The van der Waals surface area contributed by atoms with Crippen LogP contribution in [-0.2, 0) is 14.3 Å². The first kappa shape index (κ1) is 16.1. The minimum Gasteiger partial charge on any atom is -0.451 e. The molecule has 1 aromatic carbocycles. The van der Waals surface area contributed by atoms with Crippen molar-refractivity contribution in [3.05, 3.63) is 40.3 Å². The number of benzene rings is 1. The summed E-state index contributed by atoms with van der Waals surface area (Å²) in [5, 5.41) is 9.35. The molecule has 0 radical (unpaired) electrons. The van der Waals surface area contributed by atoms with Gasteiger partial charge in [0.05, 0.1) is 11.5 Å². The quantitative estimate of drug-likeness (QED) is 0.766. The number of carbonyl (C=O) groups is 2. The lowest BCUT2D eigenvalue weighted by molar-refractivity contribution is -0.124. The van der Waals surface area contributed by atoms with Crippen LogP contribution in [0.1, 0.15) is 23.3 Å². The van der Waals surface area contributed by atoms with E-state index in [9.17, 15) is 14.4 Å². The fourth-order valence-electron chi connectivity index (χ4n) is 2.55. The van der Waals surface area contributed by atoms with Gasteiger partial charge in [0.1, 0.15) is 0 Å². The minimum absolute atomic E-state index is 0.0226. The van der Waals surface area contributed by atoms with Gasteiger partial charge in [0.15, 0.2) is 12.3 Å². The molecule has 2 aromatic rings. The van der Waals surface area contributed by atoms with E-state index in [4.69, 9.17) is 9.47 Å². The Morgan fingerprint density at radius 1 is 1.33 bits per heavy atom.